The highest BCUT2D eigenvalue weighted by molar-refractivity contribution is 6.80. The third-order valence-electron chi connectivity index (χ3n) is 6.54. The number of aromatic nitrogens is 1. The molecule has 0 spiro atoms. The van der Waals surface area contributed by atoms with Gasteiger partial charge in [0.05, 0.1) is 12.2 Å². The first kappa shape index (κ1) is 25.7. The molecule has 0 atom stereocenters. The van der Waals surface area contributed by atoms with Crippen LogP contribution in [0.4, 0.5) is 0 Å². The molecule has 5 heteroatoms. The number of carbonyl (C=O) groups is 1. The highest BCUT2D eigenvalue weighted by Crippen LogP contribution is 2.34. The first-order valence-corrected chi connectivity index (χ1v) is 14.3. The van der Waals surface area contributed by atoms with Crippen LogP contribution >= 0.6 is 0 Å². The summed E-state index contributed by atoms with van der Waals surface area (Å²) >= 11 is 0. The quantitative estimate of drug-likeness (QED) is 0.198. The number of aromatic amines is 1. The van der Waals surface area contributed by atoms with E-state index in [1.165, 1.54) is 10.4 Å². The van der Waals surface area contributed by atoms with Crippen LogP contribution in [0.5, 0.6) is 0 Å². The fraction of sp³-hybridized carbons (Fsp3) is 0.182. The number of benzene rings is 4. The number of H-pyrrole nitrogens is 1. The number of hydrogen-bond donors (Lipinski definition) is 1. The molecule has 4 nitrogen and oxygen atoms in total. The van der Waals surface area contributed by atoms with Gasteiger partial charge in [-0.15, -0.1) is 0 Å². The van der Waals surface area contributed by atoms with Crippen LogP contribution in [0.1, 0.15) is 48.0 Å². The Bertz CT molecular complexity index is 1470. The molecule has 0 saturated carbocycles. The zero-order chi connectivity index (χ0) is 26.5. The third kappa shape index (κ3) is 5.64. The van der Waals surface area contributed by atoms with E-state index in [4.69, 9.17) is 9.16 Å². The minimum absolute atomic E-state index is 0.171. The molecule has 5 aromatic rings. The molecule has 0 aliphatic heterocycles. The van der Waals surface area contributed by atoms with Gasteiger partial charge in [-0.05, 0) is 28.1 Å². The average Bonchev–Trinajstić information content (AvgIpc) is 3.33. The molecule has 0 aliphatic carbocycles. The van der Waals surface area contributed by atoms with Crippen molar-refractivity contribution in [3.8, 4) is 0 Å². The monoisotopic (exact) mass is 518 g/mol. The molecule has 0 aliphatic rings. The predicted molar refractivity (Wildman–Crippen MR) is 155 cm³/mol. The number of nitrogens with one attached hydrogen (secondary N) is 1. The van der Waals surface area contributed by atoms with Crippen molar-refractivity contribution in [3.05, 3.63) is 132 Å². The Labute approximate surface area is 226 Å². The lowest BCUT2D eigenvalue weighted by Crippen LogP contribution is -2.44. The number of hydrogen-bond acceptors (Lipinski definition) is 3. The largest absolute Gasteiger partial charge is 0.457 e. The van der Waals surface area contributed by atoms with Gasteiger partial charge in [0, 0.05) is 27.6 Å². The van der Waals surface area contributed by atoms with E-state index in [2.05, 4.69) is 74.3 Å². The first-order valence-electron chi connectivity index (χ1n) is 12.9. The van der Waals surface area contributed by atoms with E-state index in [0.29, 0.717) is 12.2 Å². The summed E-state index contributed by atoms with van der Waals surface area (Å²) in [7, 11) is -1.51. The Kier molecular flexibility index (Phi) is 7.59. The van der Waals surface area contributed by atoms with Gasteiger partial charge in [0.2, 0.25) is 0 Å². The second-order valence-electron chi connectivity index (χ2n) is 10.4. The lowest BCUT2D eigenvalue weighted by atomic mass is 9.88. The molecule has 1 radical (unpaired) electrons. The normalized spacial score (nSPS) is 11.7. The van der Waals surface area contributed by atoms with Gasteiger partial charge in [-0.25, -0.2) is 4.79 Å². The molecule has 0 saturated heterocycles. The zero-order valence-corrected chi connectivity index (χ0v) is 23.0. The summed E-state index contributed by atoms with van der Waals surface area (Å²) in [5.41, 5.74) is 4.33. The summed E-state index contributed by atoms with van der Waals surface area (Å²) in [5.74, 6) is -0.336. The molecule has 4 aromatic carbocycles. The van der Waals surface area contributed by atoms with Crippen molar-refractivity contribution in [2.24, 2.45) is 0 Å². The first-order chi connectivity index (χ1) is 18.4. The van der Waals surface area contributed by atoms with Gasteiger partial charge < -0.3 is 14.1 Å². The summed E-state index contributed by atoms with van der Waals surface area (Å²) in [6.45, 7) is 7.14. The zero-order valence-electron chi connectivity index (χ0n) is 22.0. The summed E-state index contributed by atoms with van der Waals surface area (Å²) < 4.78 is 12.5. The maximum atomic E-state index is 13.4. The second kappa shape index (κ2) is 11.2. The van der Waals surface area contributed by atoms with Gasteiger partial charge in [0.1, 0.15) is 6.61 Å². The Morgan fingerprint density at radius 3 is 1.89 bits per heavy atom. The molecule has 5 rings (SSSR count). The van der Waals surface area contributed by atoms with Gasteiger partial charge in [-0.3, -0.25) is 0 Å². The number of esters is 1. The van der Waals surface area contributed by atoms with Crippen molar-refractivity contribution >= 4 is 36.3 Å². The Morgan fingerprint density at radius 1 is 0.737 bits per heavy atom. The molecule has 191 valence electrons. The molecule has 0 amide bonds. The maximum Gasteiger partial charge on any atom is 0.339 e. The van der Waals surface area contributed by atoms with Crippen LogP contribution in [0.15, 0.2) is 109 Å². The Morgan fingerprint density at radius 2 is 1.32 bits per heavy atom. The van der Waals surface area contributed by atoms with Crippen molar-refractivity contribution in [1.82, 2.24) is 4.98 Å². The van der Waals surface area contributed by atoms with E-state index in [9.17, 15) is 4.79 Å². The van der Waals surface area contributed by atoms with Crippen LogP contribution in [-0.4, -0.2) is 20.0 Å². The van der Waals surface area contributed by atoms with Crippen LogP contribution in [0, 0.1) is 0 Å². The Balaban J connectivity index is 1.52. The molecule has 38 heavy (non-hydrogen) atoms. The molecular formula is C33H32NO3Si. The molecule has 1 N–H and O–H groups in total. The standard InChI is InChI=1S/C33H32NO3Si/c1-33(2,3)31-28(23-37-38(25-16-9-5-10-17-25)26-18-11-6-12-19-26)30-27(20-13-21-29(30)34-31)32(35)36-22-24-14-7-4-8-15-24/h4-21,34H,22-23H2,1-3H3. The Hall–Kier alpha value is -3.93. The van der Waals surface area contributed by atoms with Gasteiger partial charge in [-0.1, -0.05) is 118 Å². The van der Waals surface area contributed by atoms with Gasteiger partial charge >= 0.3 is 5.97 Å². The van der Waals surface area contributed by atoms with Crippen molar-refractivity contribution in [2.45, 2.75) is 39.4 Å². The minimum Gasteiger partial charge on any atom is -0.457 e. The smallest absolute Gasteiger partial charge is 0.339 e. The summed E-state index contributed by atoms with van der Waals surface area (Å²) in [6, 6.07) is 36.3. The van der Waals surface area contributed by atoms with E-state index < -0.39 is 9.04 Å². The van der Waals surface area contributed by atoms with Crippen LogP contribution in [0.3, 0.4) is 0 Å². The lowest BCUT2D eigenvalue weighted by Gasteiger charge is -2.22. The minimum atomic E-state index is -1.51. The second-order valence-corrected chi connectivity index (χ2v) is 12.5. The SMILES string of the molecule is CC(C)(C)c1[nH]c2cccc(C(=O)OCc3ccccc3)c2c1CO[Si](c1ccccc1)c1ccccc1. The van der Waals surface area contributed by atoms with Crippen LogP contribution < -0.4 is 10.4 Å². The van der Waals surface area contributed by atoms with Crippen molar-refractivity contribution in [2.75, 3.05) is 0 Å². The van der Waals surface area contributed by atoms with E-state index >= 15 is 0 Å². The van der Waals surface area contributed by atoms with Crippen LogP contribution in [0.25, 0.3) is 10.9 Å². The number of carbonyl (C=O) groups excluding carboxylic acids is 1. The molecule has 0 fully saturated rings. The summed E-state index contributed by atoms with van der Waals surface area (Å²) in [5, 5.41) is 3.24. The third-order valence-corrected chi connectivity index (χ3v) is 8.69. The topological polar surface area (TPSA) is 51.3 Å². The molecule has 0 bridgehead atoms. The predicted octanol–water partition coefficient (Wildman–Crippen LogP) is 6.14. The van der Waals surface area contributed by atoms with Crippen molar-refractivity contribution in [1.29, 1.82) is 0 Å². The number of rotatable bonds is 8. The average molecular weight is 519 g/mol. The van der Waals surface area contributed by atoms with E-state index in [-0.39, 0.29) is 18.0 Å². The fourth-order valence-corrected chi connectivity index (χ4v) is 6.67. The number of fused-ring (bicyclic) bond motifs is 1. The highest BCUT2D eigenvalue weighted by Gasteiger charge is 2.28. The maximum absolute atomic E-state index is 13.4. The fourth-order valence-electron chi connectivity index (χ4n) is 4.73. The summed E-state index contributed by atoms with van der Waals surface area (Å²) in [6.07, 6.45) is 0. The van der Waals surface area contributed by atoms with Gasteiger partial charge in [-0.2, -0.15) is 0 Å². The van der Waals surface area contributed by atoms with E-state index in [1.807, 2.05) is 60.7 Å². The highest BCUT2D eigenvalue weighted by atomic mass is 28.3. The van der Waals surface area contributed by atoms with Crippen molar-refractivity contribution in [3.63, 3.8) is 0 Å². The molecular weight excluding hydrogens is 486 g/mol. The molecule has 1 heterocycles. The summed E-state index contributed by atoms with van der Waals surface area (Å²) in [4.78, 5) is 17.0. The van der Waals surface area contributed by atoms with Gasteiger partial charge in [0.15, 0.2) is 0 Å². The van der Waals surface area contributed by atoms with E-state index in [1.54, 1.807) is 0 Å². The number of ether oxygens (including phenoxy) is 1. The van der Waals surface area contributed by atoms with Crippen LogP contribution in [-0.2, 0) is 27.8 Å². The van der Waals surface area contributed by atoms with Crippen molar-refractivity contribution < 1.29 is 14.0 Å². The molecule has 1 aromatic heterocycles. The van der Waals surface area contributed by atoms with Crippen LogP contribution in [0.2, 0.25) is 0 Å². The van der Waals surface area contributed by atoms with E-state index in [0.717, 1.165) is 27.7 Å². The lowest BCUT2D eigenvalue weighted by molar-refractivity contribution is 0.0475. The van der Waals surface area contributed by atoms with Gasteiger partial charge in [0.25, 0.3) is 9.04 Å². The molecule has 0 unspecified atom stereocenters.